The molecule has 0 fully saturated rings. The van der Waals surface area contributed by atoms with Gasteiger partial charge in [0.15, 0.2) is 5.65 Å². The molecule has 0 unspecified atom stereocenters. The van der Waals surface area contributed by atoms with E-state index in [2.05, 4.69) is 10.1 Å². The highest BCUT2D eigenvalue weighted by Crippen LogP contribution is 2.29. The van der Waals surface area contributed by atoms with Crippen LogP contribution >= 0.6 is 23.2 Å². The molecule has 2 rings (SSSR count). The van der Waals surface area contributed by atoms with Gasteiger partial charge in [-0.05, 0) is 26.8 Å². The molecule has 0 aliphatic carbocycles. The summed E-state index contributed by atoms with van der Waals surface area (Å²) in [5.41, 5.74) is 1.63. The zero-order chi connectivity index (χ0) is 11.2. The average Bonchev–Trinajstić information content (AvgIpc) is 2.42. The summed E-state index contributed by atoms with van der Waals surface area (Å²) in [5, 5.41) is 6.29. The molecule has 0 N–H and O–H groups in total. The summed E-state index contributed by atoms with van der Waals surface area (Å²) in [5.74, 6) is 0. The molecule has 2 heterocycles. The summed E-state index contributed by atoms with van der Waals surface area (Å²) < 4.78 is 1.84. The fourth-order valence-corrected chi connectivity index (χ4v) is 2.16. The van der Waals surface area contributed by atoms with Crippen molar-refractivity contribution in [1.29, 1.82) is 0 Å². The zero-order valence-corrected chi connectivity index (χ0v) is 10.3. The molecule has 0 aliphatic rings. The van der Waals surface area contributed by atoms with Gasteiger partial charge < -0.3 is 0 Å². The molecule has 2 aromatic rings. The first-order chi connectivity index (χ1) is 7.00. The third-order valence-corrected chi connectivity index (χ3v) is 2.74. The van der Waals surface area contributed by atoms with Gasteiger partial charge in [-0.1, -0.05) is 23.2 Å². The predicted octanol–water partition coefficient (Wildman–Crippen LogP) is 3.63. The van der Waals surface area contributed by atoms with Crippen molar-refractivity contribution < 1.29 is 0 Å². The molecule has 5 heteroatoms. The van der Waals surface area contributed by atoms with Crippen LogP contribution in [-0.2, 0) is 0 Å². The van der Waals surface area contributed by atoms with E-state index in [1.165, 1.54) is 0 Å². The Morgan fingerprint density at radius 2 is 2.00 bits per heavy atom. The van der Waals surface area contributed by atoms with Crippen molar-refractivity contribution in [3.05, 3.63) is 21.9 Å². The molecule has 0 aliphatic heterocycles. The van der Waals surface area contributed by atoms with Crippen molar-refractivity contribution in [2.24, 2.45) is 0 Å². The molecule has 0 bridgehead atoms. The van der Waals surface area contributed by atoms with Crippen molar-refractivity contribution in [3.63, 3.8) is 0 Å². The highest BCUT2D eigenvalue weighted by atomic mass is 35.5. The van der Waals surface area contributed by atoms with E-state index in [-0.39, 0.29) is 6.04 Å². The van der Waals surface area contributed by atoms with E-state index in [0.29, 0.717) is 10.2 Å². The lowest BCUT2D eigenvalue weighted by molar-refractivity contribution is 0.543. The van der Waals surface area contributed by atoms with Crippen molar-refractivity contribution in [3.8, 4) is 0 Å². The standard InChI is InChI=1S/C10H11Cl2N3/c1-5(2)15-10-9(6(3)14-15)7(11)4-8(12)13-10/h4-5H,1-3H3. The lowest BCUT2D eigenvalue weighted by atomic mass is 10.3. The number of nitrogens with zero attached hydrogens (tertiary/aromatic N) is 3. The Kier molecular flexibility index (Phi) is 2.61. The van der Waals surface area contributed by atoms with E-state index < -0.39 is 0 Å². The first kappa shape index (κ1) is 10.7. The van der Waals surface area contributed by atoms with Crippen molar-refractivity contribution in [2.75, 3.05) is 0 Å². The minimum Gasteiger partial charge on any atom is -0.244 e. The van der Waals surface area contributed by atoms with Gasteiger partial charge in [0.05, 0.1) is 16.1 Å². The SMILES string of the molecule is Cc1nn(C(C)C)c2nc(Cl)cc(Cl)c12. The third kappa shape index (κ3) is 1.70. The molecule has 2 aromatic heterocycles. The molecule has 15 heavy (non-hydrogen) atoms. The van der Waals surface area contributed by atoms with Crippen LogP contribution in [0.1, 0.15) is 25.6 Å². The molecular formula is C10H11Cl2N3. The van der Waals surface area contributed by atoms with Crippen LogP contribution in [0.2, 0.25) is 10.2 Å². The zero-order valence-electron chi connectivity index (χ0n) is 8.75. The summed E-state index contributed by atoms with van der Waals surface area (Å²) in [6.07, 6.45) is 0. The topological polar surface area (TPSA) is 30.7 Å². The molecule has 0 saturated heterocycles. The van der Waals surface area contributed by atoms with Gasteiger partial charge in [-0.3, -0.25) is 0 Å². The first-order valence-corrected chi connectivity index (χ1v) is 5.47. The quantitative estimate of drug-likeness (QED) is 0.717. The lowest BCUT2D eigenvalue weighted by Crippen LogP contribution is -2.03. The third-order valence-electron chi connectivity index (χ3n) is 2.25. The van der Waals surface area contributed by atoms with Gasteiger partial charge in [-0.2, -0.15) is 5.10 Å². The Bertz CT molecular complexity index is 517. The van der Waals surface area contributed by atoms with Gasteiger partial charge in [-0.15, -0.1) is 0 Å². The van der Waals surface area contributed by atoms with Crippen molar-refractivity contribution in [1.82, 2.24) is 14.8 Å². The maximum atomic E-state index is 6.11. The number of rotatable bonds is 1. The summed E-state index contributed by atoms with van der Waals surface area (Å²) in [6, 6.07) is 1.88. The molecule has 0 radical (unpaired) electrons. The van der Waals surface area contributed by atoms with E-state index in [1.54, 1.807) is 6.07 Å². The van der Waals surface area contributed by atoms with E-state index >= 15 is 0 Å². The summed E-state index contributed by atoms with van der Waals surface area (Å²) in [7, 11) is 0. The van der Waals surface area contributed by atoms with Crippen LogP contribution in [-0.4, -0.2) is 14.8 Å². The summed E-state index contributed by atoms with van der Waals surface area (Å²) >= 11 is 12.0. The maximum absolute atomic E-state index is 6.11. The first-order valence-electron chi connectivity index (χ1n) is 4.71. The minimum absolute atomic E-state index is 0.239. The normalized spacial score (nSPS) is 11.6. The van der Waals surface area contributed by atoms with Gasteiger partial charge in [0, 0.05) is 6.04 Å². The second-order valence-electron chi connectivity index (χ2n) is 3.75. The Balaban J connectivity index is 2.87. The molecule has 0 saturated carbocycles. The monoisotopic (exact) mass is 243 g/mol. The molecular weight excluding hydrogens is 233 g/mol. The molecule has 0 atom stereocenters. The number of hydrogen-bond donors (Lipinski definition) is 0. The van der Waals surface area contributed by atoms with Crippen LogP contribution in [0.4, 0.5) is 0 Å². The number of aryl methyl sites for hydroxylation is 1. The Hall–Kier alpha value is -0.800. The average molecular weight is 244 g/mol. The molecule has 80 valence electrons. The van der Waals surface area contributed by atoms with Crippen LogP contribution in [0.3, 0.4) is 0 Å². The van der Waals surface area contributed by atoms with Gasteiger partial charge in [-0.25, -0.2) is 9.67 Å². The molecule has 0 aromatic carbocycles. The van der Waals surface area contributed by atoms with Crippen molar-refractivity contribution in [2.45, 2.75) is 26.8 Å². The van der Waals surface area contributed by atoms with Gasteiger partial charge >= 0.3 is 0 Å². The maximum Gasteiger partial charge on any atom is 0.161 e. The minimum atomic E-state index is 0.239. The number of pyridine rings is 1. The van der Waals surface area contributed by atoms with Crippen LogP contribution in [0, 0.1) is 6.92 Å². The summed E-state index contributed by atoms with van der Waals surface area (Å²) in [6.45, 7) is 6.01. The Morgan fingerprint density at radius 1 is 1.33 bits per heavy atom. The Morgan fingerprint density at radius 3 is 2.60 bits per heavy atom. The van der Waals surface area contributed by atoms with E-state index in [4.69, 9.17) is 23.2 Å². The van der Waals surface area contributed by atoms with Crippen LogP contribution in [0.5, 0.6) is 0 Å². The number of aromatic nitrogens is 3. The van der Waals surface area contributed by atoms with Crippen LogP contribution in [0.15, 0.2) is 6.07 Å². The van der Waals surface area contributed by atoms with Crippen LogP contribution < -0.4 is 0 Å². The fraction of sp³-hybridized carbons (Fsp3) is 0.400. The molecule has 0 amide bonds. The second-order valence-corrected chi connectivity index (χ2v) is 4.54. The number of fused-ring (bicyclic) bond motifs is 1. The molecule has 0 spiro atoms. The Labute approximate surface area is 98.0 Å². The van der Waals surface area contributed by atoms with E-state index in [1.807, 2.05) is 25.5 Å². The van der Waals surface area contributed by atoms with Gasteiger partial charge in [0.2, 0.25) is 0 Å². The smallest absolute Gasteiger partial charge is 0.161 e. The van der Waals surface area contributed by atoms with Crippen molar-refractivity contribution >= 4 is 34.2 Å². The highest BCUT2D eigenvalue weighted by molar-refractivity contribution is 6.37. The highest BCUT2D eigenvalue weighted by Gasteiger charge is 2.14. The fourth-order valence-electron chi connectivity index (χ4n) is 1.59. The van der Waals surface area contributed by atoms with E-state index in [0.717, 1.165) is 16.7 Å². The van der Waals surface area contributed by atoms with Crippen LogP contribution in [0.25, 0.3) is 11.0 Å². The predicted molar refractivity (Wildman–Crippen MR) is 62.7 cm³/mol. The largest absolute Gasteiger partial charge is 0.244 e. The van der Waals surface area contributed by atoms with Gasteiger partial charge in [0.1, 0.15) is 5.15 Å². The number of hydrogen-bond acceptors (Lipinski definition) is 2. The van der Waals surface area contributed by atoms with E-state index in [9.17, 15) is 0 Å². The second kappa shape index (κ2) is 3.65. The lowest BCUT2D eigenvalue weighted by Gasteiger charge is -2.06. The van der Waals surface area contributed by atoms with Gasteiger partial charge in [0.25, 0.3) is 0 Å². The number of halogens is 2. The molecule has 3 nitrogen and oxygen atoms in total. The summed E-state index contributed by atoms with van der Waals surface area (Å²) in [4.78, 5) is 4.26.